The van der Waals surface area contributed by atoms with Crippen LogP contribution in [-0.4, -0.2) is 10.2 Å². The smallest absolute Gasteiger partial charge is 0.273 e. The van der Waals surface area contributed by atoms with Gasteiger partial charge in [-0.25, -0.2) is 4.39 Å². The van der Waals surface area contributed by atoms with Crippen LogP contribution in [-0.2, 0) is 6.18 Å². The van der Waals surface area contributed by atoms with Gasteiger partial charge in [-0.3, -0.25) is 5.10 Å². The molecule has 1 heterocycles. The van der Waals surface area contributed by atoms with E-state index < -0.39 is 17.7 Å². The molecule has 0 fully saturated rings. The molecule has 0 saturated carbocycles. The fraction of sp³-hybridized carbons (Fsp3) is 0.250. The second kappa shape index (κ2) is 4.52. The van der Waals surface area contributed by atoms with Crippen LogP contribution in [0.4, 0.5) is 17.6 Å². The maximum Gasteiger partial charge on any atom is 0.433 e. The number of aryl methyl sites for hydroxylation is 1. The van der Waals surface area contributed by atoms with Gasteiger partial charge in [-0.15, -0.1) is 0 Å². The molecule has 0 aliphatic rings. The van der Waals surface area contributed by atoms with Crippen molar-refractivity contribution >= 4 is 11.6 Å². The fourth-order valence-corrected chi connectivity index (χ4v) is 1.93. The van der Waals surface area contributed by atoms with Crippen LogP contribution in [0.25, 0.3) is 11.3 Å². The molecule has 0 bridgehead atoms. The first-order valence-corrected chi connectivity index (χ1v) is 5.67. The molecule has 1 N–H and O–H groups in total. The van der Waals surface area contributed by atoms with Crippen molar-refractivity contribution in [3.63, 3.8) is 0 Å². The molecule has 0 amide bonds. The molecule has 0 aliphatic heterocycles. The van der Waals surface area contributed by atoms with Gasteiger partial charge >= 0.3 is 6.18 Å². The number of benzene rings is 1. The third-order valence-corrected chi connectivity index (χ3v) is 3.20. The predicted molar refractivity (Wildman–Crippen MR) is 63.5 cm³/mol. The molecule has 0 saturated heterocycles. The lowest BCUT2D eigenvalue weighted by Gasteiger charge is -2.06. The third kappa shape index (κ3) is 2.45. The molecule has 0 atom stereocenters. The molecule has 2 nitrogen and oxygen atoms in total. The molecule has 2 rings (SSSR count). The molecule has 7 heteroatoms. The van der Waals surface area contributed by atoms with Crippen molar-refractivity contribution < 1.29 is 17.6 Å². The van der Waals surface area contributed by atoms with Gasteiger partial charge in [0, 0.05) is 16.1 Å². The first-order chi connectivity index (χ1) is 8.71. The largest absolute Gasteiger partial charge is 0.433 e. The highest BCUT2D eigenvalue weighted by atomic mass is 35.5. The molecule has 2 aromatic rings. The van der Waals surface area contributed by atoms with Gasteiger partial charge in [-0.2, -0.15) is 18.3 Å². The SMILES string of the molecule is Cc1cc(-c2n[nH]c(C(F)(F)F)c2C)c(F)cc1Cl. The summed E-state index contributed by atoms with van der Waals surface area (Å²) in [5.41, 5.74) is -0.632. The number of nitrogens with zero attached hydrogens (tertiary/aromatic N) is 1. The van der Waals surface area contributed by atoms with E-state index in [2.05, 4.69) is 5.10 Å². The maximum absolute atomic E-state index is 13.8. The van der Waals surface area contributed by atoms with E-state index in [9.17, 15) is 17.6 Å². The van der Waals surface area contributed by atoms with Crippen LogP contribution in [0.5, 0.6) is 0 Å². The van der Waals surface area contributed by atoms with Gasteiger partial charge in [-0.05, 0) is 31.5 Å². The molecule has 1 aromatic heterocycles. The summed E-state index contributed by atoms with van der Waals surface area (Å²) in [4.78, 5) is 0. The van der Waals surface area contributed by atoms with Crippen LogP contribution in [0.15, 0.2) is 12.1 Å². The molecule has 102 valence electrons. The second-order valence-corrected chi connectivity index (χ2v) is 4.56. The molecular weight excluding hydrogens is 284 g/mol. The highest BCUT2D eigenvalue weighted by Gasteiger charge is 2.36. The molecule has 0 spiro atoms. The fourth-order valence-electron chi connectivity index (χ4n) is 1.77. The van der Waals surface area contributed by atoms with E-state index in [-0.39, 0.29) is 21.8 Å². The Morgan fingerprint density at radius 2 is 1.84 bits per heavy atom. The highest BCUT2D eigenvalue weighted by molar-refractivity contribution is 6.31. The van der Waals surface area contributed by atoms with Crippen molar-refractivity contribution in [3.8, 4) is 11.3 Å². The summed E-state index contributed by atoms with van der Waals surface area (Å²) in [5, 5.41) is 5.67. The molecule has 0 unspecified atom stereocenters. The van der Waals surface area contributed by atoms with Crippen molar-refractivity contribution in [3.05, 3.63) is 39.8 Å². The summed E-state index contributed by atoms with van der Waals surface area (Å²) in [6.45, 7) is 2.88. The minimum absolute atomic E-state index is 0.00819. The lowest BCUT2D eigenvalue weighted by Crippen LogP contribution is -2.07. The number of H-pyrrole nitrogens is 1. The summed E-state index contributed by atoms with van der Waals surface area (Å²) in [6.07, 6.45) is -4.55. The Morgan fingerprint density at radius 1 is 1.21 bits per heavy atom. The zero-order valence-corrected chi connectivity index (χ0v) is 10.7. The van der Waals surface area contributed by atoms with Gasteiger partial charge in [0.05, 0.1) is 5.69 Å². The van der Waals surface area contributed by atoms with Crippen LogP contribution in [0, 0.1) is 19.7 Å². The van der Waals surface area contributed by atoms with Gasteiger partial charge in [-0.1, -0.05) is 11.6 Å². The number of alkyl halides is 3. The van der Waals surface area contributed by atoms with E-state index in [0.29, 0.717) is 5.56 Å². The Kier molecular flexibility index (Phi) is 3.30. The van der Waals surface area contributed by atoms with Gasteiger partial charge < -0.3 is 0 Å². The van der Waals surface area contributed by atoms with E-state index >= 15 is 0 Å². The standard InChI is InChI=1S/C12H9ClF4N2/c1-5-3-7(9(14)4-8(5)13)10-6(2)11(19-18-10)12(15,16)17/h3-4H,1-2H3,(H,18,19). The molecule has 1 aromatic carbocycles. The third-order valence-electron chi connectivity index (χ3n) is 2.80. The zero-order valence-electron chi connectivity index (χ0n) is 9.99. The molecular formula is C12H9ClF4N2. The van der Waals surface area contributed by atoms with E-state index in [1.807, 2.05) is 5.10 Å². The van der Waals surface area contributed by atoms with Gasteiger partial charge in [0.2, 0.25) is 0 Å². The number of rotatable bonds is 1. The van der Waals surface area contributed by atoms with Crippen LogP contribution in [0.1, 0.15) is 16.8 Å². The van der Waals surface area contributed by atoms with E-state index in [4.69, 9.17) is 11.6 Å². The van der Waals surface area contributed by atoms with E-state index in [0.717, 1.165) is 6.07 Å². The first-order valence-electron chi connectivity index (χ1n) is 5.30. The van der Waals surface area contributed by atoms with Crippen LogP contribution in [0.2, 0.25) is 5.02 Å². The Balaban J connectivity index is 2.61. The van der Waals surface area contributed by atoms with Gasteiger partial charge in [0.15, 0.2) is 0 Å². The average molecular weight is 293 g/mol. The van der Waals surface area contributed by atoms with Crippen molar-refractivity contribution in [2.24, 2.45) is 0 Å². The van der Waals surface area contributed by atoms with Crippen molar-refractivity contribution in [2.75, 3.05) is 0 Å². The second-order valence-electron chi connectivity index (χ2n) is 4.15. The number of hydrogen-bond acceptors (Lipinski definition) is 1. The molecule has 19 heavy (non-hydrogen) atoms. The topological polar surface area (TPSA) is 28.7 Å². The summed E-state index contributed by atoms with van der Waals surface area (Å²) >= 11 is 5.74. The Bertz CT molecular complexity index is 631. The maximum atomic E-state index is 13.8. The minimum Gasteiger partial charge on any atom is -0.273 e. The predicted octanol–water partition coefficient (Wildman–Crippen LogP) is 4.50. The normalized spacial score (nSPS) is 11.9. The van der Waals surface area contributed by atoms with Crippen molar-refractivity contribution in [2.45, 2.75) is 20.0 Å². The lowest BCUT2D eigenvalue weighted by molar-refractivity contribution is -0.141. The van der Waals surface area contributed by atoms with E-state index in [1.54, 1.807) is 6.92 Å². The van der Waals surface area contributed by atoms with Gasteiger partial charge in [0.25, 0.3) is 0 Å². The molecule has 0 aliphatic carbocycles. The first kappa shape index (κ1) is 13.9. The summed E-state index contributed by atoms with van der Waals surface area (Å²) < 4.78 is 51.7. The number of hydrogen-bond donors (Lipinski definition) is 1. The van der Waals surface area contributed by atoms with Gasteiger partial charge in [0.1, 0.15) is 11.5 Å². The average Bonchev–Trinajstić information content (AvgIpc) is 2.65. The van der Waals surface area contributed by atoms with Crippen molar-refractivity contribution in [1.82, 2.24) is 10.2 Å². The zero-order chi connectivity index (χ0) is 14.4. The Hall–Kier alpha value is -1.56. The number of aromatic nitrogens is 2. The summed E-state index contributed by atoms with van der Waals surface area (Å²) in [5.74, 6) is -0.709. The van der Waals surface area contributed by atoms with Crippen LogP contribution < -0.4 is 0 Å². The monoisotopic (exact) mass is 292 g/mol. The Labute approximate surface area is 111 Å². The number of nitrogens with one attached hydrogen (secondary N) is 1. The summed E-state index contributed by atoms with van der Waals surface area (Å²) in [6, 6.07) is 2.44. The minimum atomic E-state index is -4.55. The van der Waals surface area contributed by atoms with Crippen LogP contribution in [0.3, 0.4) is 0 Å². The van der Waals surface area contributed by atoms with E-state index in [1.165, 1.54) is 13.0 Å². The number of halogens is 5. The number of aromatic amines is 1. The lowest BCUT2D eigenvalue weighted by atomic mass is 10.0. The molecule has 0 radical (unpaired) electrons. The summed E-state index contributed by atoms with van der Waals surface area (Å²) in [7, 11) is 0. The Morgan fingerprint density at radius 3 is 2.37 bits per heavy atom. The van der Waals surface area contributed by atoms with Crippen LogP contribution >= 0.6 is 11.6 Å². The quantitative estimate of drug-likeness (QED) is 0.770. The van der Waals surface area contributed by atoms with Crippen molar-refractivity contribution in [1.29, 1.82) is 0 Å². The highest BCUT2D eigenvalue weighted by Crippen LogP contribution is 2.36.